The lowest BCUT2D eigenvalue weighted by Crippen LogP contribution is -2.32. The number of halogens is 1. The molecule has 0 radical (unpaired) electrons. The first kappa shape index (κ1) is 12.5. The molecule has 1 aromatic carbocycles. The largest absolute Gasteiger partial charge is 0.330 e. The van der Waals surface area contributed by atoms with E-state index in [2.05, 4.69) is 18.7 Å². The van der Waals surface area contributed by atoms with Crippen LogP contribution < -0.4 is 5.73 Å². The predicted octanol–water partition coefficient (Wildman–Crippen LogP) is 2.56. The van der Waals surface area contributed by atoms with Crippen LogP contribution in [0.4, 0.5) is 4.39 Å². The van der Waals surface area contributed by atoms with Gasteiger partial charge >= 0.3 is 0 Å². The lowest BCUT2D eigenvalue weighted by Gasteiger charge is -2.27. The van der Waals surface area contributed by atoms with E-state index >= 15 is 0 Å². The zero-order chi connectivity index (χ0) is 12.5. The average Bonchev–Trinajstić information content (AvgIpc) is 2.73. The van der Waals surface area contributed by atoms with Crippen LogP contribution in [0.2, 0.25) is 0 Å². The molecule has 94 valence electrons. The summed E-state index contributed by atoms with van der Waals surface area (Å²) in [7, 11) is 0. The third-order valence-electron chi connectivity index (χ3n) is 3.98. The quantitative estimate of drug-likeness (QED) is 0.874. The molecule has 0 spiro atoms. The van der Waals surface area contributed by atoms with Gasteiger partial charge in [-0.3, -0.25) is 4.90 Å². The molecule has 1 heterocycles. The van der Waals surface area contributed by atoms with Gasteiger partial charge in [0.2, 0.25) is 0 Å². The van der Waals surface area contributed by atoms with Crippen molar-refractivity contribution >= 4 is 0 Å². The zero-order valence-electron chi connectivity index (χ0n) is 10.6. The second-order valence-corrected chi connectivity index (χ2v) is 5.43. The second-order valence-electron chi connectivity index (χ2n) is 5.43. The maximum Gasteiger partial charge on any atom is 0.127 e. The van der Waals surface area contributed by atoms with Crippen molar-refractivity contribution in [2.24, 2.45) is 11.1 Å². The Morgan fingerprint density at radius 3 is 2.76 bits per heavy atom. The summed E-state index contributed by atoms with van der Waals surface area (Å²) in [5.74, 6) is -0.110. The monoisotopic (exact) mass is 236 g/mol. The SMILES string of the molecule is CC(c1ccccc1F)N1CCC(C)(CN)C1. The van der Waals surface area contributed by atoms with E-state index in [1.807, 2.05) is 12.1 Å². The fraction of sp³-hybridized carbons (Fsp3) is 0.571. The number of rotatable bonds is 3. The molecule has 3 heteroatoms. The zero-order valence-corrected chi connectivity index (χ0v) is 10.6. The molecule has 0 saturated carbocycles. The number of likely N-dealkylation sites (tertiary alicyclic amines) is 1. The van der Waals surface area contributed by atoms with E-state index in [0.29, 0.717) is 6.54 Å². The summed E-state index contributed by atoms with van der Waals surface area (Å²) in [6.45, 7) is 6.94. The Morgan fingerprint density at radius 2 is 2.18 bits per heavy atom. The van der Waals surface area contributed by atoms with Crippen LogP contribution in [0.1, 0.15) is 31.9 Å². The lowest BCUT2D eigenvalue weighted by molar-refractivity contribution is 0.223. The fourth-order valence-corrected chi connectivity index (χ4v) is 2.57. The highest BCUT2D eigenvalue weighted by Gasteiger charge is 2.35. The van der Waals surface area contributed by atoms with Gasteiger partial charge in [-0.15, -0.1) is 0 Å². The van der Waals surface area contributed by atoms with Crippen LogP contribution in [0.15, 0.2) is 24.3 Å². The molecular weight excluding hydrogens is 215 g/mol. The van der Waals surface area contributed by atoms with Gasteiger partial charge in [0, 0.05) is 18.2 Å². The molecule has 2 atom stereocenters. The number of nitrogens with zero attached hydrogens (tertiary/aromatic N) is 1. The molecule has 1 aliphatic rings. The van der Waals surface area contributed by atoms with Gasteiger partial charge in [-0.25, -0.2) is 4.39 Å². The van der Waals surface area contributed by atoms with Crippen LogP contribution in [0.3, 0.4) is 0 Å². The molecule has 0 bridgehead atoms. The number of benzene rings is 1. The van der Waals surface area contributed by atoms with Gasteiger partial charge < -0.3 is 5.73 Å². The van der Waals surface area contributed by atoms with Crippen LogP contribution in [0.5, 0.6) is 0 Å². The lowest BCUT2D eigenvalue weighted by atomic mass is 9.90. The third kappa shape index (κ3) is 2.50. The van der Waals surface area contributed by atoms with Crippen molar-refractivity contribution in [3.63, 3.8) is 0 Å². The van der Waals surface area contributed by atoms with Crippen molar-refractivity contribution in [1.29, 1.82) is 0 Å². The van der Waals surface area contributed by atoms with Gasteiger partial charge in [0.25, 0.3) is 0 Å². The highest BCUT2D eigenvalue weighted by atomic mass is 19.1. The van der Waals surface area contributed by atoms with Crippen LogP contribution in [-0.2, 0) is 0 Å². The van der Waals surface area contributed by atoms with E-state index in [1.165, 1.54) is 6.07 Å². The van der Waals surface area contributed by atoms with Gasteiger partial charge in [-0.05, 0) is 37.9 Å². The normalized spacial score (nSPS) is 27.3. The average molecular weight is 236 g/mol. The van der Waals surface area contributed by atoms with E-state index in [1.54, 1.807) is 6.07 Å². The van der Waals surface area contributed by atoms with Crippen molar-refractivity contribution in [3.8, 4) is 0 Å². The molecule has 1 aliphatic heterocycles. The van der Waals surface area contributed by atoms with Crippen LogP contribution in [-0.4, -0.2) is 24.5 Å². The topological polar surface area (TPSA) is 29.3 Å². The van der Waals surface area contributed by atoms with Crippen molar-refractivity contribution in [2.45, 2.75) is 26.3 Å². The number of hydrogen-bond donors (Lipinski definition) is 1. The molecule has 0 aliphatic carbocycles. The van der Waals surface area contributed by atoms with Gasteiger partial charge in [0.15, 0.2) is 0 Å². The molecule has 1 saturated heterocycles. The van der Waals surface area contributed by atoms with Crippen LogP contribution in [0.25, 0.3) is 0 Å². The van der Waals surface area contributed by atoms with Gasteiger partial charge in [0.1, 0.15) is 5.82 Å². The molecule has 0 aromatic heterocycles. The fourth-order valence-electron chi connectivity index (χ4n) is 2.57. The molecule has 0 amide bonds. The summed E-state index contributed by atoms with van der Waals surface area (Å²) in [4.78, 5) is 2.32. The maximum absolute atomic E-state index is 13.7. The predicted molar refractivity (Wildman–Crippen MR) is 68.2 cm³/mol. The summed E-state index contributed by atoms with van der Waals surface area (Å²) < 4.78 is 13.7. The Kier molecular flexibility index (Phi) is 3.50. The molecule has 2 unspecified atom stereocenters. The molecule has 17 heavy (non-hydrogen) atoms. The van der Waals surface area contributed by atoms with Gasteiger partial charge in [0.05, 0.1) is 0 Å². The maximum atomic E-state index is 13.7. The Morgan fingerprint density at radius 1 is 1.47 bits per heavy atom. The minimum absolute atomic E-state index is 0.110. The highest BCUT2D eigenvalue weighted by molar-refractivity contribution is 5.21. The van der Waals surface area contributed by atoms with Crippen molar-refractivity contribution in [2.75, 3.05) is 19.6 Å². The Bertz CT molecular complexity index is 394. The van der Waals surface area contributed by atoms with Crippen molar-refractivity contribution in [1.82, 2.24) is 4.90 Å². The molecule has 1 aromatic rings. The van der Waals surface area contributed by atoms with Gasteiger partial charge in [-0.2, -0.15) is 0 Å². The standard InChI is InChI=1S/C14H21FN2/c1-11(12-5-3-4-6-13(12)15)17-8-7-14(2,9-16)10-17/h3-6,11H,7-10,16H2,1-2H3. The molecule has 2 nitrogen and oxygen atoms in total. The highest BCUT2D eigenvalue weighted by Crippen LogP contribution is 2.34. The van der Waals surface area contributed by atoms with E-state index < -0.39 is 0 Å². The van der Waals surface area contributed by atoms with Crippen LogP contribution in [0, 0.1) is 11.2 Å². The molecule has 2 rings (SSSR count). The van der Waals surface area contributed by atoms with E-state index in [0.717, 1.165) is 25.1 Å². The summed E-state index contributed by atoms with van der Waals surface area (Å²) in [5.41, 5.74) is 6.78. The summed E-state index contributed by atoms with van der Waals surface area (Å²) in [5, 5.41) is 0. The van der Waals surface area contributed by atoms with Gasteiger partial charge in [-0.1, -0.05) is 25.1 Å². The minimum Gasteiger partial charge on any atom is -0.330 e. The molecule has 2 N–H and O–H groups in total. The van der Waals surface area contributed by atoms with E-state index in [-0.39, 0.29) is 17.3 Å². The van der Waals surface area contributed by atoms with Crippen LogP contribution >= 0.6 is 0 Å². The molecule has 1 fully saturated rings. The Hall–Kier alpha value is -0.930. The Balaban J connectivity index is 2.12. The minimum atomic E-state index is -0.110. The summed E-state index contributed by atoms with van der Waals surface area (Å²) >= 11 is 0. The first-order valence-electron chi connectivity index (χ1n) is 6.24. The van der Waals surface area contributed by atoms with E-state index in [9.17, 15) is 4.39 Å². The smallest absolute Gasteiger partial charge is 0.127 e. The third-order valence-corrected chi connectivity index (χ3v) is 3.98. The first-order chi connectivity index (χ1) is 8.06. The Labute approximate surface area is 103 Å². The van der Waals surface area contributed by atoms with Crippen molar-refractivity contribution < 1.29 is 4.39 Å². The molecular formula is C14H21FN2. The summed E-state index contributed by atoms with van der Waals surface area (Å²) in [6, 6.07) is 7.17. The first-order valence-corrected chi connectivity index (χ1v) is 6.24. The summed E-state index contributed by atoms with van der Waals surface area (Å²) in [6.07, 6.45) is 1.10. The number of nitrogens with two attached hydrogens (primary N) is 1. The van der Waals surface area contributed by atoms with Crippen molar-refractivity contribution in [3.05, 3.63) is 35.6 Å². The number of hydrogen-bond acceptors (Lipinski definition) is 2. The van der Waals surface area contributed by atoms with E-state index in [4.69, 9.17) is 5.73 Å². The second kappa shape index (κ2) is 4.75.